The predicted molar refractivity (Wildman–Crippen MR) is 71.2 cm³/mol. The lowest BCUT2D eigenvalue weighted by Crippen LogP contribution is -2.18. The molecule has 0 unspecified atom stereocenters. The van der Waals surface area contributed by atoms with Crippen LogP contribution >= 0.6 is 22.6 Å². The Labute approximate surface area is 117 Å². The third kappa shape index (κ3) is 2.37. The van der Waals surface area contributed by atoms with Crippen LogP contribution in [0.25, 0.3) is 0 Å². The highest BCUT2D eigenvalue weighted by Crippen LogP contribution is 2.15. The highest BCUT2D eigenvalue weighted by Gasteiger charge is 2.15. The largest absolute Gasteiger partial charge is 0.351 e. The molecule has 0 fully saturated rings. The van der Waals surface area contributed by atoms with Crippen LogP contribution in [-0.4, -0.2) is 32.9 Å². The van der Waals surface area contributed by atoms with Crippen molar-refractivity contribution < 1.29 is 9.32 Å². The fourth-order valence-corrected chi connectivity index (χ4v) is 1.87. The molecule has 18 heavy (non-hydrogen) atoms. The van der Waals surface area contributed by atoms with Crippen molar-refractivity contribution in [2.45, 2.75) is 20.4 Å². The second kappa shape index (κ2) is 5.04. The molecule has 2 rings (SSSR count). The van der Waals surface area contributed by atoms with Crippen molar-refractivity contribution in [3.63, 3.8) is 0 Å². The zero-order chi connectivity index (χ0) is 13.3. The number of aryl methyl sites for hydroxylation is 1. The standard InChI is InChI=1S/C10H12IN5O2/c1-5-8(11)6(2)16(14-5)4-7-13-10(18-15-7)9(17)12-3/h4H2,1-3H3,(H,12,17). The molecular formula is C10H12IN5O2. The Bertz CT molecular complexity index is 589. The summed E-state index contributed by atoms with van der Waals surface area (Å²) < 4.78 is 7.75. The number of rotatable bonds is 3. The maximum absolute atomic E-state index is 11.3. The van der Waals surface area contributed by atoms with Crippen molar-refractivity contribution in [2.24, 2.45) is 0 Å². The van der Waals surface area contributed by atoms with Crippen LogP contribution in [0.5, 0.6) is 0 Å². The van der Waals surface area contributed by atoms with E-state index < -0.39 is 5.91 Å². The van der Waals surface area contributed by atoms with Gasteiger partial charge < -0.3 is 9.84 Å². The second-order valence-electron chi connectivity index (χ2n) is 3.74. The van der Waals surface area contributed by atoms with Crippen LogP contribution in [0, 0.1) is 17.4 Å². The van der Waals surface area contributed by atoms with Gasteiger partial charge in [0, 0.05) is 12.7 Å². The molecule has 0 atom stereocenters. The minimum Gasteiger partial charge on any atom is -0.351 e. The third-order valence-corrected chi connectivity index (χ3v) is 4.03. The summed E-state index contributed by atoms with van der Waals surface area (Å²) in [6.07, 6.45) is 0. The molecule has 2 aromatic heterocycles. The zero-order valence-electron chi connectivity index (χ0n) is 10.2. The van der Waals surface area contributed by atoms with E-state index in [2.05, 4.69) is 43.1 Å². The number of halogens is 1. The van der Waals surface area contributed by atoms with E-state index in [0.29, 0.717) is 12.4 Å². The summed E-state index contributed by atoms with van der Waals surface area (Å²) in [4.78, 5) is 15.3. The van der Waals surface area contributed by atoms with Gasteiger partial charge in [0.15, 0.2) is 5.82 Å². The smallest absolute Gasteiger partial charge is 0.315 e. The van der Waals surface area contributed by atoms with Crippen LogP contribution in [0.4, 0.5) is 0 Å². The first-order valence-corrected chi connectivity index (χ1v) is 6.35. The Morgan fingerprint density at radius 1 is 1.50 bits per heavy atom. The van der Waals surface area contributed by atoms with E-state index in [4.69, 9.17) is 4.52 Å². The van der Waals surface area contributed by atoms with Gasteiger partial charge in [0.2, 0.25) is 0 Å². The highest BCUT2D eigenvalue weighted by molar-refractivity contribution is 14.1. The Kier molecular flexibility index (Phi) is 3.64. The van der Waals surface area contributed by atoms with E-state index in [-0.39, 0.29) is 5.89 Å². The van der Waals surface area contributed by atoms with E-state index in [1.165, 1.54) is 7.05 Å². The third-order valence-electron chi connectivity index (χ3n) is 2.47. The molecule has 1 N–H and O–H groups in total. The van der Waals surface area contributed by atoms with E-state index in [1.807, 2.05) is 13.8 Å². The average molecular weight is 361 g/mol. The van der Waals surface area contributed by atoms with E-state index in [9.17, 15) is 4.79 Å². The Morgan fingerprint density at radius 2 is 2.22 bits per heavy atom. The van der Waals surface area contributed by atoms with Crippen LogP contribution in [0.15, 0.2) is 4.52 Å². The average Bonchev–Trinajstić information content (AvgIpc) is 2.91. The second-order valence-corrected chi connectivity index (χ2v) is 4.82. The molecule has 2 heterocycles. The summed E-state index contributed by atoms with van der Waals surface area (Å²) in [5.74, 6) is -0.00368. The maximum Gasteiger partial charge on any atom is 0.315 e. The molecule has 0 aliphatic rings. The summed E-state index contributed by atoms with van der Waals surface area (Å²) in [6.45, 7) is 4.30. The maximum atomic E-state index is 11.3. The number of aromatic nitrogens is 4. The minimum atomic E-state index is -0.392. The summed E-state index contributed by atoms with van der Waals surface area (Å²) >= 11 is 2.24. The van der Waals surface area contributed by atoms with Gasteiger partial charge in [0.25, 0.3) is 0 Å². The topological polar surface area (TPSA) is 85.8 Å². The number of nitrogens with zero attached hydrogens (tertiary/aromatic N) is 4. The van der Waals surface area contributed by atoms with Gasteiger partial charge >= 0.3 is 11.8 Å². The summed E-state index contributed by atoms with van der Waals surface area (Å²) in [7, 11) is 1.51. The first-order chi connectivity index (χ1) is 8.52. The predicted octanol–water partition coefficient (Wildman–Crippen LogP) is 0.895. The Hall–Kier alpha value is -1.45. The number of hydrogen-bond donors (Lipinski definition) is 1. The van der Waals surface area contributed by atoms with Gasteiger partial charge in [-0.05, 0) is 36.4 Å². The van der Waals surface area contributed by atoms with Gasteiger partial charge in [-0.15, -0.1) is 0 Å². The van der Waals surface area contributed by atoms with Gasteiger partial charge in [-0.3, -0.25) is 9.48 Å². The lowest BCUT2D eigenvalue weighted by atomic mass is 10.4. The van der Waals surface area contributed by atoms with Crippen LogP contribution in [-0.2, 0) is 6.54 Å². The molecular weight excluding hydrogens is 349 g/mol. The minimum absolute atomic E-state index is 0.0382. The zero-order valence-corrected chi connectivity index (χ0v) is 12.3. The summed E-state index contributed by atoms with van der Waals surface area (Å²) in [6, 6.07) is 0. The normalized spacial score (nSPS) is 10.7. The van der Waals surface area contributed by atoms with Gasteiger partial charge in [-0.2, -0.15) is 10.1 Å². The van der Waals surface area contributed by atoms with Crippen LogP contribution in [0.1, 0.15) is 27.9 Å². The quantitative estimate of drug-likeness (QED) is 0.821. The lowest BCUT2D eigenvalue weighted by Gasteiger charge is -1.99. The SMILES string of the molecule is CNC(=O)c1nc(Cn2nc(C)c(I)c2C)no1. The van der Waals surface area contributed by atoms with Crippen molar-refractivity contribution in [3.05, 3.63) is 26.7 Å². The molecule has 1 amide bonds. The van der Waals surface area contributed by atoms with Crippen LogP contribution < -0.4 is 5.32 Å². The Morgan fingerprint density at radius 3 is 2.78 bits per heavy atom. The molecule has 0 bridgehead atoms. The number of nitrogens with one attached hydrogen (secondary N) is 1. The molecule has 0 aromatic carbocycles. The molecule has 8 heteroatoms. The van der Waals surface area contributed by atoms with E-state index in [1.54, 1.807) is 4.68 Å². The first kappa shape index (κ1) is 13.0. The fraction of sp³-hybridized carbons (Fsp3) is 0.400. The Balaban J connectivity index is 2.21. The van der Waals surface area contributed by atoms with Crippen molar-refractivity contribution in [1.82, 2.24) is 25.2 Å². The number of carbonyl (C=O) groups excluding carboxylic acids is 1. The van der Waals surface area contributed by atoms with Crippen LogP contribution in [0.3, 0.4) is 0 Å². The summed E-state index contributed by atoms with van der Waals surface area (Å²) in [5, 5.41) is 10.5. The van der Waals surface area contributed by atoms with Gasteiger partial charge in [-0.25, -0.2) is 0 Å². The molecule has 0 aliphatic carbocycles. The molecule has 0 saturated carbocycles. The molecule has 2 aromatic rings. The number of carbonyl (C=O) groups is 1. The lowest BCUT2D eigenvalue weighted by molar-refractivity contribution is 0.0919. The molecule has 0 aliphatic heterocycles. The van der Waals surface area contributed by atoms with Gasteiger partial charge in [0.1, 0.15) is 6.54 Å². The van der Waals surface area contributed by atoms with Crippen molar-refractivity contribution in [3.8, 4) is 0 Å². The van der Waals surface area contributed by atoms with Crippen molar-refractivity contribution in [1.29, 1.82) is 0 Å². The van der Waals surface area contributed by atoms with E-state index >= 15 is 0 Å². The van der Waals surface area contributed by atoms with Gasteiger partial charge in [-0.1, -0.05) is 5.16 Å². The molecule has 0 radical (unpaired) electrons. The van der Waals surface area contributed by atoms with Crippen LogP contribution in [0.2, 0.25) is 0 Å². The monoisotopic (exact) mass is 361 g/mol. The van der Waals surface area contributed by atoms with E-state index in [0.717, 1.165) is 15.0 Å². The fourth-order valence-electron chi connectivity index (χ4n) is 1.48. The molecule has 96 valence electrons. The molecule has 7 nitrogen and oxygen atoms in total. The first-order valence-electron chi connectivity index (χ1n) is 5.27. The molecule has 0 saturated heterocycles. The summed E-state index contributed by atoms with van der Waals surface area (Å²) in [5.41, 5.74) is 2.00. The number of hydrogen-bond acceptors (Lipinski definition) is 5. The highest BCUT2D eigenvalue weighted by atomic mass is 127. The van der Waals surface area contributed by atoms with Gasteiger partial charge in [0.05, 0.1) is 9.26 Å². The van der Waals surface area contributed by atoms with Crippen molar-refractivity contribution >= 4 is 28.5 Å². The number of amides is 1. The van der Waals surface area contributed by atoms with Crippen molar-refractivity contribution in [2.75, 3.05) is 7.05 Å². The molecule has 0 spiro atoms.